The summed E-state index contributed by atoms with van der Waals surface area (Å²) in [6.45, 7) is 5.81. The third kappa shape index (κ3) is 4.22. The van der Waals surface area contributed by atoms with Gasteiger partial charge in [0, 0.05) is 17.1 Å². The topological polar surface area (TPSA) is 56.1 Å². The van der Waals surface area contributed by atoms with Crippen molar-refractivity contribution < 1.29 is 9.53 Å². The number of rotatable bonds is 5. The maximum atomic E-state index is 12.5. The first-order chi connectivity index (χ1) is 12.9. The monoisotopic (exact) mass is 427 g/mol. The number of carbonyl (C=O) groups excluding carboxylic acids is 1. The average Bonchev–Trinajstić information content (AvgIpc) is 2.89. The number of amides is 1. The zero-order valence-corrected chi connectivity index (χ0v) is 17.4. The minimum atomic E-state index is -0.223. The summed E-state index contributed by atoms with van der Waals surface area (Å²) in [7, 11) is 1.82. The number of benzene rings is 2. The standard InChI is InChI=1S/C21H22BrN3O2/c1-13-6-5-7-14(2)20(13)27-12-18(26)23-21-19(15(3)24-25(21)4)16-8-10-17(22)11-9-16/h5-11H,12H2,1-4H3,(H,23,26). The number of nitrogens with one attached hydrogen (secondary N) is 1. The van der Waals surface area contributed by atoms with Crippen molar-refractivity contribution in [2.45, 2.75) is 20.8 Å². The molecule has 0 saturated carbocycles. The lowest BCUT2D eigenvalue weighted by molar-refractivity contribution is -0.118. The van der Waals surface area contributed by atoms with Crippen LogP contribution in [0.2, 0.25) is 0 Å². The number of aryl methyl sites for hydroxylation is 4. The second-order valence-electron chi connectivity index (χ2n) is 6.50. The summed E-state index contributed by atoms with van der Waals surface area (Å²) in [5.41, 5.74) is 4.77. The summed E-state index contributed by atoms with van der Waals surface area (Å²) < 4.78 is 8.45. The molecule has 1 amide bonds. The minimum Gasteiger partial charge on any atom is -0.483 e. The van der Waals surface area contributed by atoms with Gasteiger partial charge in [0.25, 0.3) is 5.91 Å². The first-order valence-electron chi connectivity index (χ1n) is 8.65. The normalized spacial score (nSPS) is 10.7. The predicted octanol–water partition coefficient (Wildman–Crippen LogP) is 4.79. The first-order valence-corrected chi connectivity index (χ1v) is 9.44. The van der Waals surface area contributed by atoms with Gasteiger partial charge in [-0.05, 0) is 49.6 Å². The van der Waals surface area contributed by atoms with Gasteiger partial charge in [-0.25, -0.2) is 0 Å². The fourth-order valence-electron chi connectivity index (χ4n) is 3.10. The Morgan fingerprint density at radius 3 is 2.37 bits per heavy atom. The molecule has 140 valence electrons. The first kappa shape index (κ1) is 19.2. The lowest BCUT2D eigenvalue weighted by Crippen LogP contribution is -2.22. The number of nitrogens with zero attached hydrogens (tertiary/aromatic N) is 2. The van der Waals surface area contributed by atoms with Gasteiger partial charge in [0.1, 0.15) is 11.6 Å². The summed E-state index contributed by atoms with van der Waals surface area (Å²) in [4.78, 5) is 12.5. The van der Waals surface area contributed by atoms with E-state index in [9.17, 15) is 4.79 Å². The van der Waals surface area contributed by atoms with Crippen LogP contribution in [0.4, 0.5) is 5.82 Å². The SMILES string of the molecule is Cc1cccc(C)c1OCC(=O)Nc1c(-c2ccc(Br)cc2)c(C)nn1C. The molecule has 6 heteroatoms. The molecule has 3 aromatic rings. The molecule has 27 heavy (non-hydrogen) atoms. The summed E-state index contributed by atoms with van der Waals surface area (Å²) in [5, 5.41) is 7.41. The van der Waals surface area contributed by atoms with Crippen LogP contribution in [-0.4, -0.2) is 22.3 Å². The molecule has 0 aliphatic rings. The highest BCUT2D eigenvalue weighted by Crippen LogP contribution is 2.32. The zero-order chi connectivity index (χ0) is 19.6. The second-order valence-corrected chi connectivity index (χ2v) is 7.41. The van der Waals surface area contributed by atoms with E-state index in [4.69, 9.17) is 4.74 Å². The number of hydrogen-bond donors (Lipinski definition) is 1. The number of ether oxygens (including phenoxy) is 1. The maximum absolute atomic E-state index is 12.5. The van der Waals surface area contributed by atoms with Crippen molar-refractivity contribution in [1.29, 1.82) is 0 Å². The van der Waals surface area contributed by atoms with Crippen LogP contribution in [0.1, 0.15) is 16.8 Å². The van der Waals surface area contributed by atoms with E-state index in [0.717, 1.165) is 38.2 Å². The molecule has 0 bridgehead atoms. The van der Waals surface area contributed by atoms with Crippen molar-refractivity contribution in [2.75, 3.05) is 11.9 Å². The number of para-hydroxylation sites is 1. The van der Waals surface area contributed by atoms with E-state index in [1.54, 1.807) is 4.68 Å². The van der Waals surface area contributed by atoms with Crippen LogP contribution in [0.25, 0.3) is 11.1 Å². The number of carbonyl (C=O) groups is 1. The predicted molar refractivity (Wildman–Crippen MR) is 111 cm³/mol. The van der Waals surface area contributed by atoms with Crippen molar-refractivity contribution in [3.63, 3.8) is 0 Å². The molecule has 0 fully saturated rings. The fourth-order valence-corrected chi connectivity index (χ4v) is 3.36. The van der Waals surface area contributed by atoms with Crippen molar-refractivity contribution in [3.8, 4) is 16.9 Å². The van der Waals surface area contributed by atoms with E-state index in [-0.39, 0.29) is 12.5 Å². The van der Waals surface area contributed by atoms with Gasteiger partial charge in [-0.1, -0.05) is 46.3 Å². The number of hydrogen-bond acceptors (Lipinski definition) is 3. The van der Waals surface area contributed by atoms with Crippen LogP contribution >= 0.6 is 15.9 Å². The van der Waals surface area contributed by atoms with Crippen LogP contribution in [0.5, 0.6) is 5.75 Å². The van der Waals surface area contributed by atoms with E-state index in [2.05, 4.69) is 26.3 Å². The number of anilines is 1. The van der Waals surface area contributed by atoms with Gasteiger partial charge < -0.3 is 10.1 Å². The van der Waals surface area contributed by atoms with Crippen LogP contribution < -0.4 is 10.1 Å². The van der Waals surface area contributed by atoms with Crippen molar-refractivity contribution >= 4 is 27.7 Å². The van der Waals surface area contributed by atoms with E-state index in [0.29, 0.717) is 5.82 Å². The van der Waals surface area contributed by atoms with E-state index in [1.165, 1.54) is 0 Å². The molecule has 0 atom stereocenters. The Morgan fingerprint density at radius 2 is 1.74 bits per heavy atom. The van der Waals surface area contributed by atoms with E-state index in [1.807, 2.05) is 70.3 Å². The van der Waals surface area contributed by atoms with Gasteiger partial charge in [-0.15, -0.1) is 0 Å². The van der Waals surface area contributed by atoms with Crippen molar-refractivity contribution in [2.24, 2.45) is 7.05 Å². The molecule has 3 rings (SSSR count). The van der Waals surface area contributed by atoms with E-state index < -0.39 is 0 Å². The Balaban J connectivity index is 1.79. The highest BCUT2D eigenvalue weighted by atomic mass is 79.9. The van der Waals surface area contributed by atoms with Gasteiger partial charge in [-0.2, -0.15) is 5.10 Å². The lowest BCUT2D eigenvalue weighted by Gasteiger charge is -2.13. The lowest BCUT2D eigenvalue weighted by atomic mass is 10.1. The highest BCUT2D eigenvalue weighted by Gasteiger charge is 2.18. The Bertz CT molecular complexity index is 958. The summed E-state index contributed by atoms with van der Waals surface area (Å²) in [6.07, 6.45) is 0. The molecule has 0 radical (unpaired) electrons. The smallest absolute Gasteiger partial charge is 0.263 e. The molecule has 0 unspecified atom stereocenters. The number of halogens is 1. The fraction of sp³-hybridized carbons (Fsp3) is 0.238. The highest BCUT2D eigenvalue weighted by molar-refractivity contribution is 9.10. The Kier molecular flexibility index (Phi) is 5.65. The second kappa shape index (κ2) is 7.96. The average molecular weight is 428 g/mol. The molecule has 0 aliphatic carbocycles. The van der Waals surface area contributed by atoms with Crippen LogP contribution in [-0.2, 0) is 11.8 Å². The molecule has 5 nitrogen and oxygen atoms in total. The molecular weight excluding hydrogens is 406 g/mol. The van der Waals surface area contributed by atoms with Crippen molar-refractivity contribution in [3.05, 3.63) is 63.8 Å². The molecule has 1 heterocycles. The van der Waals surface area contributed by atoms with Gasteiger partial charge in [0.2, 0.25) is 0 Å². The third-order valence-electron chi connectivity index (χ3n) is 4.37. The van der Waals surface area contributed by atoms with Gasteiger partial charge in [-0.3, -0.25) is 9.48 Å². The van der Waals surface area contributed by atoms with E-state index >= 15 is 0 Å². The molecular formula is C21H22BrN3O2. The summed E-state index contributed by atoms with van der Waals surface area (Å²) in [6, 6.07) is 13.8. The van der Waals surface area contributed by atoms with Gasteiger partial charge >= 0.3 is 0 Å². The quantitative estimate of drug-likeness (QED) is 0.636. The molecule has 1 aromatic heterocycles. The van der Waals surface area contributed by atoms with Gasteiger partial charge in [0.05, 0.1) is 5.69 Å². The maximum Gasteiger partial charge on any atom is 0.263 e. The molecule has 0 aliphatic heterocycles. The Labute approximate surface area is 167 Å². The molecule has 2 aromatic carbocycles. The van der Waals surface area contributed by atoms with Gasteiger partial charge in [0.15, 0.2) is 6.61 Å². The van der Waals surface area contributed by atoms with Crippen LogP contribution in [0.15, 0.2) is 46.9 Å². The zero-order valence-electron chi connectivity index (χ0n) is 15.8. The summed E-state index contributed by atoms with van der Waals surface area (Å²) >= 11 is 3.45. The Hall–Kier alpha value is -2.60. The number of aromatic nitrogens is 2. The van der Waals surface area contributed by atoms with Crippen molar-refractivity contribution in [1.82, 2.24) is 9.78 Å². The molecule has 0 saturated heterocycles. The summed E-state index contributed by atoms with van der Waals surface area (Å²) in [5.74, 6) is 1.19. The molecule has 0 spiro atoms. The third-order valence-corrected chi connectivity index (χ3v) is 4.90. The Morgan fingerprint density at radius 1 is 1.11 bits per heavy atom. The van der Waals surface area contributed by atoms with Crippen LogP contribution in [0, 0.1) is 20.8 Å². The molecule has 1 N–H and O–H groups in total. The largest absolute Gasteiger partial charge is 0.483 e. The minimum absolute atomic E-state index is 0.0598. The van der Waals surface area contributed by atoms with Crippen LogP contribution in [0.3, 0.4) is 0 Å².